The Morgan fingerprint density at radius 2 is 2.10 bits per heavy atom. The minimum absolute atomic E-state index is 0.0493. The van der Waals surface area contributed by atoms with Crippen LogP contribution in [0.4, 0.5) is 0 Å². The molecule has 1 amide bonds. The largest absolute Gasteiger partial charge is 0.351 e. The second-order valence-electron chi connectivity index (χ2n) is 4.86. The minimum atomic E-state index is -0.0493. The molecule has 0 aliphatic heterocycles. The van der Waals surface area contributed by atoms with E-state index < -0.39 is 0 Å². The van der Waals surface area contributed by atoms with Gasteiger partial charge in [-0.25, -0.2) is 0 Å². The fraction of sp³-hybridized carbons (Fsp3) is 0.471. The van der Waals surface area contributed by atoms with Crippen molar-refractivity contribution in [3.8, 4) is 11.8 Å². The topological polar surface area (TPSA) is 55.1 Å². The average molecular weight is 304 g/mol. The highest BCUT2D eigenvalue weighted by Crippen LogP contribution is 2.29. The fourth-order valence-electron chi connectivity index (χ4n) is 2.10. The number of carbonyl (C=O) groups excluding carboxylic acids is 1. The van der Waals surface area contributed by atoms with Crippen LogP contribution in [-0.4, -0.2) is 30.0 Å². The summed E-state index contributed by atoms with van der Waals surface area (Å²) in [4.78, 5) is 12.3. The molecular formula is C17H24N2OS. The summed E-state index contributed by atoms with van der Waals surface area (Å²) in [7, 11) is 0. The molecule has 21 heavy (non-hydrogen) atoms. The first kappa shape index (κ1) is 17.6. The van der Waals surface area contributed by atoms with Crippen molar-refractivity contribution in [2.75, 3.05) is 19.3 Å². The van der Waals surface area contributed by atoms with E-state index >= 15 is 0 Å². The van der Waals surface area contributed by atoms with Gasteiger partial charge in [0, 0.05) is 22.4 Å². The molecule has 4 heteroatoms. The van der Waals surface area contributed by atoms with Gasteiger partial charge in [0.25, 0.3) is 5.91 Å². The summed E-state index contributed by atoms with van der Waals surface area (Å²) in [5.41, 5.74) is 6.82. The first-order valence-electron chi connectivity index (χ1n) is 7.23. The Labute approximate surface area is 132 Å². The van der Waals surface area contributed by atoms with Crippen molar-refractivity contribution < 1.29 is 4.79 Å². The average Bonchev–Trinajstić information content (AvgIpc) is 2.54. The first-order valence-corrected chi connectivity index (χ1v) is 8.45. The molecule has 0 saturated carbocycles. The lowest BCUT2D eigenvalue weighted by molar-refractivity contribution is 0.0949. The maximum atomic E-state index is 12.3. The standard InChI is InChI=1S/C17H24N2OS/c1-4-17(5-2,21-3)13-19-16(20)15-10-6-8-14(12-15)9-7-11-18/h6,8,10,12H,4-5,11,13,18H2,1-3H3,(H,19,20). The van der Waals surface area contributed by atoms with Crippen LogP contribution < -0.4 is 11.1 Å². The monoisotopic (exact) mass is 304 g/mol. The van der Waals surface area contributed by atoms with Crippen LogP contribution in [0, 0.1) is 11.8 Å². The highest BCUT2D eigenvalue weighted by atomic mass is 32.2. The number of rotatable bonds is 6. The molecule has 0 radical (unpaired) electrons. The molecule has 0 unspecified atom stereocenters. The van der Waals surface area contributed by atoms with Gasteiger partial charge in [-0.3, -0.25) is 4.79 Å². The molecule has 0 fully saturated rings. The molecular weight excluding hydrogens is 280 g/mol. The van der Waals surface area contributed by atoms with Gasteiger partial charge in [0.2, 0.25) is 0 Å². The number of nitrogens with one attached hydrogen (secondary N) is 1. The number of hydrogen-bond donors (Lipinski definition) is 2. The second-order valence-corrected chi connectivity index (χ2v) is 6.14. The van der Waals surface area contributed by atoms with Gasteiger partial charge < -0.3 is 11.1 Å². The molecule has 0 aliphatic rings. The number of benzene rings is 1. The Kier molecular flexibility index (Phi) is 7.35. The summed E-state index contributed by atoms with van der Waals surface area (Å²) >= 11 is 1.82. The van der Waals surface area contributed by atoms with Gasteiger partial charge in [-0.1, -0.05) is 31.8 Å². The number of nitrogens with two attached hydrogens (primary N) is 1. The van der Waals surface area contributed by atoms with Gasteiger partial charge in [-0.2, -0.15) is 11.8 Å². The molecule has 0 heterocycles. The second kappa shape index (κ2) is 8.76. The Morgan fingerprint density at radius 1 is 1.38 bits per heavy atom. The molecule has 0 spiro atoms. The molecule has 114 valence electrons. The van der Waals surface area contributed by atoms with E-state index in [0.29, 0.717) is 18.7 Å². The van der Waals surface area contributed by atoms with Gasteiger partial charge >= 0.3 is 0 Å². The zero-order chi connectivity index (χ0) is 15.7. The van der Waals surface area contributed by atoms with Crippen LogP contribution in [0.3, 0.4) is 0 Å². The molecule has 1 rings (SSSR count). The van der Waals surface area contributed by atoms with E-state index in [4.69, 9.17) is 5.73 Å². The molecule has 3 N–H and O–H groups in total. The van der Waals surface area contributed by atoms with Crippen molar-refractivity contribution in [1.82, 2.24) is 5.32 Å². The van der Waals surface area contributed by atoms with E-state index in [1.807, 2.05) is 30.0 Å². The predicted octanol–water partition coefficient (Wildman–Crippen LogP) is 2.65. The van der Waals surface area contributed by atoms with E-state index in [1.165, 1.54) is 0 Å². The predicted molar refractivity (Wildman–Crippen MR) is 91.5 cm³/mol. The summed E-state index contributed by atoms with van der Waals surface area (Å²) in [6.07, 6.45) is 4.17. The third-order valence-corrected chi connectivity index (χ3v) is 5.34. The van der Waals surface area contributed by atoms with E-state index in [0.717, 1.165) is 18.4 Å². The van der Waals surface area contributed by atoms with Crippen LogP contribution in [0.2, 0.25) is 0 Å². The molecule has 3 nitrogen and oxygen atoms in total. The van der Waals surface area contributed by atoms with Crippen LogP contribution in [-0.2, 0) is 0 Å². The normalized spacial score (nSPS) is 10.7. The third-order valence-electron chi connectivity index (χ3n) is 3.75. The lowest BCUT2D eigenvalue weighted by Gasteiger charge is -2.29. The van der Waals surface area contributed by atoms with Crippen molar-refractivity contribution >= 4 is 17.7 Å². The minimum Gasteiger partial charge on any atom is -0.351 e. The SMILES string of the molecule is CCC(CC)(CNC(=O)c1cccc(C#CCN)c1)SC. The summed E-state index contributed by atoms with van der Waals surface area (Å²) in [6.45, 7) is 5.32. The van der Waals surface area contributed by atoms with Crippen LogP contribution in [0.1, 0.15) is 42.6 Å². The van der Waals surface area contributed by atoms with Crippen LogP contribution in [0.5, 0.6) is 0 Å². The molecule has 0 aromatic heterocycles. The lowest BCUT2D eigenvalue weighted by atomic mass is 10.0. The zero-order valence-corrected chi connectivity index (χ0v) is 13.8. The Morgan fingerprint density at radius 3 is 2.67 bits per heavy atom. The van der Waals surface area contributed by atoms with E-state index in [-0.39, 0.29) is 10.7 Å². The Hall–Kier alpha value is -1.44. The molecule has 0 aliphatic carbocycles. The quantitative estimate of drug-likeness (QED) is 0.794. The summed E-state index contributed by atoms with van der Waals surface area (Å²) in [6, 6.07) is 7.33. The van der Waals surface area contributed by atoms with Crippen LogP contribution in [0.25, 0.3) is 0 Å². The summed E-state index contributed by atoms with van der Waals surface area (Å²) < 4.78 is 0.118. The van der Waals surface area contributed by atoms with E-state index in [2.05, 4.69) is 37.3 Å². The number of carbonyl (C=O) groups is 1. The van der Waals surface area contributed by atoms with Gasteiger partial charge in [0.05, 0.1) is 6.54 Å². The van der Waals surface area contributed by atoms with Gasteiger partial charge in [-0.05, 0) is 37.3 Å². The molecule has 1 aromatic rings. The van der Waals surface area contributed by atoms with Crippen LogP contribution >= 0.6 is 11.8 Å². The smallest absolute Gasteiger partial charge is 0.251 e. The van der Waals surface area contributed by atoms with Gasteiger partial charge in [0.15, 0.2) is 0 Å². The van der Waals surface area contributed by atoms with Gasteiger partial charge in [-0.15, -0.1) is 0 Å². The highest BCUT2D eigenvalue weighted by molar-refractivity contribution is 8.00. The summed E-state index contributed by atoms with van der Waals surface area (Å²) in [5, 5.41) is 3.04. The van der Waals surface area contributed by atoms with Crippen molar-refractivity contribution in [2.45, 2.75) is 31.4 Å². The highest BCUT2D eigenvalue weighted by Gasteiger charge is 2.25. The molecule has 0 bridgehead atoms. The van der Waals surface area contributed by atoms with Crippen LogP contribution in [0.15, 0.2) is 24.3 Å². The van der Waals surface area contributed by atoms with E-state index in [9.17, 15) is 4.79 Å². The first-order chi connectivity index (χ1) is 10.1. The fourth-order valence-corrected chi connectivity index (χ4v) is 2.89. The van der Waals surface area contributed by atoms with Crippen molar-refractivity contribution in [3.05, 3.63) is 35.4 Å². The molecule has 1 aromatic carbocycles. The third kappa shape index (κ3) is 5.11. The van der Waals surface area contributed by atoms with E-state index in [1.54, 1.807) is 6.07 Å². The zero-order valence-electron chi connectivity index (χ0n) is 13.0. The van der Waals surface area contributed by atoms with Crippen molar-refractivity contribution in [1.29, 1.82) is 0 Å². The number of thioether (sulfide) groups is 1. The number of amides is 1. The summed E-state index contributed by atoms with van der Waals surface area (Å²) in [5.74, 6) is 5.69. The van der Waals surface area contributed by atoms with Crippen molar-refractivity contribution in [2.24, 2.45) is 5.73 Å². The maximum Gasteiger partial charge on any atom is 0.251 e. The Bertz CT molecular complexity index is 519. The van der Waals surface area contributed by atoms with Gasteiger partial charge in [0.1, 0.15) is 0 Å². The maximum absolute atomic E-state index is 12.3. The Balaban J connectivity index is 2.76. The molecule has 0 atom stereocenters. The lowest BCUT2D eigenvalue weighted by Crippen LogP contribution is -2.39. The number of hydrogen-bond acceptors (Lipinski definition) is 3. The molecule has 0 saturated heterocycles. The van der Waals surface area contributed by atoms with Crippen molar-refractivity contribution in [3.63, 3.8) is 0 Å².